The lowest BCUT2D eigenvalue weighted by atomic mass is 9.81. The molecule has 37 heavy (non-hydrogen) atoms. The number of carbonyl (C=O) groups excluding carboxylic acids is 2. The van der Waals surface area contributed by atoms with Gasteiger partial charge in [-0.25, -0.2) is 0 Å². The summed E-state index contributed by atoms with van der Waals surface area (Å²) in [5.74, 6) is -3.18. The van der Waals surface area contributed by atoms with Gasteiger partial charge in [0.15, 0.2) is 11.9 Å². The number of ether oxygens (including phenoxy) is 3. The second-order valence-electron chi connectivity index (χ2n) is 8.98. The summed E-state index contributed by atoms with van der Waals surface area (Å²) < 4.78 is 22.5. The van der Waals surface area contributed by atoms with Crippen LogP contribution >= 0.6 is 0 Å². The minimum atomic E-state index is -1.46. The van der Waals surface area contributed by atoms with E-state index in [1.54, 1.807) is 6.92 Å². The first-order chi connectivity index (χ1) is 17.5. The van der Waals surface area contributed by atoms with Gasteiger partial charge in [0.05, 0.1) is 0 Å². The molecule has 2 unspecified atom stereocenters. The van der Waals surface area contributed by atoms with E-state index >= 15 is 0 Å². The number of hydrogen-bond acceptors (Lipinski definition) is 11. The summed E-state index contributed by atoms with van der Waals surface area (Å²) in [6, 6.07) is 7.78. The van der Waals surface area contributed by atoms with E-state index < -0.39 is 53.5 Å². The number of rotatable bonds is 5. The third-order valence-corrected chi connectivity index (χ3v) is 6.13. The molecule has 5 atom stereocenters. The van der Waals surface area contributed by atoms with Gasteiger partial charge in [-0.05, 0) is 36.6 Å². The molecule has 0 saturated heterocycles. The highest BCUT2D eigenvalue weighted by molar-refractivity contribution is 5.88. The van der Waals surface area contributed by atoms with E-state index in [0.29, 0.717) is 5.56 Å². The molecule has 1 fully saturated rings. The Morgan fingerprint density at radius 1 is 0.946 bits per heavy atom. The molecule has 1 aromatic heterocycles. The van der Waals surface area contributed by atoms with Crippen LogP contribution in [0.4, 0.5) is 0 Å². The summed E-state index contributed by atoms with van der Waals surface area (Å²) in [5, 5.41) is 40.6. The SMILES string of the molecule is CC(=O)OC1[C@H](C)CC(Oc2c(-c3ccc(O)cc3)oc3cc(O)cc(O)c3c2=O)[C@H](OC(C)=O)[C@@H]1O. The molecule has 1 heterocycles. The molecule has 0 spiro atoms. The smallest absolute Gasteiger partial charge is 0.303 e. The summed E-state index contributed by atoms with van der Waals surface area (Å²) in [7, 11) is 0. The average molecular weight is 514 g/mol. The molecule has 2 aromatic carbocycles. The fourth-order valence-electron chi connectivity index (χ4n) is 4.54. The highest BCUT2D eigenvalue weighted by atomic mass is 16.6. The maximum absolute atomic E-state index is 13.6. The third kappa shape index (κ3) is 5.17. The van der Waals surface area contributed by atoms with Crippen molar-refractivity contribution in [3.63, 3.8) is 0 Å². The van der Waals surface area contributed by atoms with Crippen molar-refractivity contribution in [2.75, 3.05) is 0 Å². The number of hydrogen-bond donors (Lipinski definition) is 4. The number of phenolic OH excluding ortho intramolecular Hbond substituents is 3. The molecular weight excluding hydrogens is 488 g/mol. The fourth-order valence-corrected chi connectivity index (χ4v) is 4.54. The topological polar surface area (TPSA) is 173 Å². The van der Waals surface area contributed by atoms with Gasteiger partial charge in [0.25, 0.3) is 0 Å². The van der Waals surface area contributed by atoms with Crippen molar-refractivity contribution >= 4 is 22.9 Å². The Kier molecular flexibility index (Phi) is 6.99. The molecule has 11 heteroatoms. The molecule has 0 radical (unpaired) electrons. The number of benzene rings is 2. The Morgan fingerprint density at radius 3 is 2.19 bits per heavy atom. The Labute approximate surface area is 210 Å². The molecule has 11 nitrogen and oxygen atoms in total. The van der Waals surface area contributed by atoms with Crippen LogP contribution in [-0.4, -0.2) is 56.8 Å². The largest absolute Gasteiger partial charge is 0.508 e. The molecular formula is C26H26O11. The average Bonchev–Trinajstić information content (AvgIpc) is 2.80. The molecule has 3 aromatic rings. The zero-order valence-corrected chi connectivity index (χ0v) is 20.2. The molecule has 0 bridgehead atoms. The number of aromatic hydroxyl groups is 3. The van der Waals surface area contributed by atoms with Crippen LogP contribution in [0.2, 0.25) is 0 Å². The van der Waals surface area contributed by atoms with E-state index in [1.165, 1.54) is 31.2 Å². The molecule has 0 aliphatic heterocycles. The molecule has 4 rings (SSSR count). The number of esters is 2. The molecule has 1 aliphatic rings. The van der Waals surface area contributed by atoms with Crippen LogP contribution in [0, 0.1) is 5.92 Å². The summed E-state index contributed by atoms with van der Waals surface area (Å²) in [5.41, 5.74) is -0.588. The van der Waals surface area contributed by atoms with Crippen LogP contribution in [0.3, 0.4) is 0 Å². The van der Waals surface area contributed by atoms with Crippen LogP contribution in [0.15, 0.2) is 45.6 Å². The van der Waals surface area contributed by atoms with E-state index in [4.69, 9.17) is 18.6 Å². The standard InChI is InChI=1S/C26H26O11/c1-11-8-19(25(35-13(3)28)22(33)23(11)34-12(2)27)37-26-21(32)20-17(31)9-16(30)10-18(20)36-24(26)14-4-6-15(29)7-5-14/h4-7,9-11,19,22-23,25,29-31,33H,8H2,1-3H3/t11-,19?,22-,23?,25+/m1/s1. The lowest BCUT2D eigenvalue weighted by Gasteiger charge is -2.42. The van der Waals surface area contributed by atoms with Crippen LogP contribution in [0.5, 0.6) is 23.0 Å². The van der Waals surface area contributed by atoms with Crippen molar-refractivity contribution in [3.8, 4) is 34.3 Å². The lowest BCUT2D eigenvalue weighted by molar-refractivity contribution is -0.196. The molecule has 4 N–H and O–H groups in total. The summed E-state index contributed by atoms with van der Waals surface area (Å²) in [4.78, 5) is 37.0. The summed E-state index contributed by atoms with van der Waals surface area (Å²) in [6.07, 6.45) is -4.72. The van der Waals surface area contributed by atoms with Crippen LogP contribution in [-0.2, 0) is 19.1 Å². The fraction of sp³-hybridized carbons (Fsp3) is 0.346. The van der Waals surface area contributed by atoms with Gasteiger partial charge in [0, 0.05) is 31.5 Å². The summed E-state index contributed by atoms with van der Waals surface area (Å²) in [6.45, 7) is 4.03. The van der Waals surface area contributed by atoms with E-state index in [2.05, 4.69) is 0 Å². The van der Waals surface area contributed by atoms with Crippen molar-refractivity contribution < 1.29 is 48.6 Å². The van der Waals surface area contributed by atoms with Crippen molar-refractivity contribution in [3.05, 3.63) is 46.6 Å². The van der Waals surface area contributed by atoms with E-state index in [0.717, 1.165) is 19.1 Å². The predicted octanol–water partition coefficient (Wildman–Crippen LogP) is 2.59. The Balaban J connectivity index is 1.86. The van der Waals surface area contributed by atoms with Gasteiger partial charge < -0.3 is 39.1 Å². The van der Waals surface area contributed by atoms with Crippen molar-refractivity contribution in [1.29, 1.82) is 0 Å². The quantitative estimate of drug-likeness (QED) is 0.369. The Hall–Kier alpha value is -4.25. The van der Waals surface area contributed by atoms with E-state index in [-0.39, 0.29) is 40.4 Å². The highest BCUT2D eigenvalue weighted by Crippen LogP contribution is 2.39. The number of fused-ring (bicyclic) bond motifs is 1. The number of aliphatic hydroxyl groups excluding tert-OH is 1. The molecule has 1 saturated carbocycles. The zero-order chi connectivity index (χ0) is 27.0. The number of phenols is 3. The molecule has 196 valence electrons. The normalized spacial score (nSPS) is 23.4. The van der Waals surface area contributed by atoms with E-state index in [9.17, 15) is 34.8 Å². The number of aliphatic hydroxyl groups is 1. The van der Waals surface area contributed by atoms with Gasteiger partial charge in [0.1, 0.15) is 46.5 Å². The van der Waals surface area contributed by atoms with Gasteiger partial charge in [-0.15, -0.1) is 0 Å². The molecule has 1 aliphatic carbocycles. The minimum absolute atomic E-state index is 0.0414. The molecule has 0 amide bonds. The van der Waals surface area contributed by atoms with Crippen molar-refractivity contribution in [2.24, 2.45) is 5.92 Å². The lowest BCUT2D eigenvalue weighted by Crippen LogP contribution is -2.57. The Morgan fingerprint density at radius 2 is 1.57 bits per heavy atom. The second kappa shape index (κ2) is 10.0. The van der Waals surface area contributed by atoms with Gasteiger partial charge in [0.2, 0.25) is 11.2 Å². The first-order valence-electron chi connectivity index (χ1n) is 11.5. The minimum Gasteiger partial charge on any atom is -0.508 e. The maximum atomic E-state index is 13.6. The van der Waals surface area contributed by atoms with Crippen LogP contribution in [0.25, 0.3) is 22.3 Å². The van der Waals surface area contributed by atoms with Gasteiger partial charge in [-0.2, -0.15) is 0 Å². The zero-order valence-electron chi connectivity index (χ0n) is 20.2. The van der Waals surface area contributed by atoms with Gasteiger partial charge in [-0.1, -0.05) is 6.92 Å². The Bertz CT molecular complexity index is 1390. The maximum Gasteiger partial charge on any atom is 0.303 e. The van der Waals surface area contributed by atoms with Gasteiger partial charge >= 0.3 is 11.9 Å². The second-order valence-corrected chi connectivity index (χ2v) is 8.98. The number of carbonyl (C=O) groups is 2. The third-order valence-electron chi connectivity index (χ3n) is 6.13. The first-order valence-corrected chi connectivity index (χ1v) is 11.5. The first kappa shape index (κ1) is 25.8. The van der Waals surface area contributed by atoms with Crippen LogP contribution < -0.4 is 10.2 Å². The van der Waals surface area contributed by atoms with Crippen molar-refractivity contribution in [1.82, 2.24) is 0 Å². The van der Waals surface area contributed by atoms with Crippen LogP contribution in [0.1, 0.15) is 27.2 Å². The van der Waals surface area contributed by atoms with Crippen molar-refractivity contribution in [2.45, 2.75) is 51.6 Å². The monoisotopic (exact) mass is 514 g/mol. The summed E-state index contributed by atoms with van der Waals surface area (Å²) >= 11 is 0. The van der Waals surface area contributed by atoms with Gasteiger partial charge in [-0.3, -0.25) is 14.4 Å². The highest BCUT2D eigenvalue weighted by Gasteiger charge is 2.48. The van der Waals surface area contributed by atoms with E-state index in [1.807, 2.05) is 0 Å². The predicted molar refractivity (Wildman–Crippen MR) is 128 cm³/mol.